The minimum Gasteiger partial charge on any atom is -0.492 e. The Kier molecular flexibility index (Phi) is 7.69. The number of aromatic hydroxyl groups is 1. The van der Waals surface area contributed by atoms with Gasteiger partial charge in [-0.15, -0.1) is 0 Å². The molecule has 1 N–H and O–H groups in total. The Morgan fingerprint density at radius 3 is 2.45 bits per heavy atom. The molecule has 0 unspecified atom stereocenters. The minimum atomic E-state index is -4.47. The standard InChI is InChI=1S/C28H25FN4O4S/c1-3-4-8-25-32-27(34)26(28(35)33(25)18(2)21-7-5-6-19(15-21)16-30)38(36,37)23-12-9-20(10-13-23)22-11-14-24(29)31-17-22/h5-7,9-15,17-18,34H,3-4,8H2,1-2H3/t18-/m1/s1. The molecule has 8 nitrogen and oxygen atoms in total. The van der Waals surface area contributed by atoms with Gasteiger partial charge in [-0.3, -0.25) is 9.36 Å². The fourth-order valence-electron chi connectivity index (χ4n) is 4.20. The van der Waals surface area contributed by atoms with Gasteiger partial charge in [-0.25, -0.2) is 13.4 Å². The molecule has 2 heterocycles. The fraction of sp³-hybridized carbons (Fsp3) is 0.214. The summed E-state index contributed by atoms with van der Waals surface area (Å²) < 4.78 is 41.6. The predicted octanol–water partition coefficient (Wildman–Crippen LogP) is 4.81. The average Bonchev–Trinajstić information content (AvgIpc) is 2.91. The highest BCUT2D eigenvalue weighted by Crippen LogP contribution is 2.29. The largest absolute Gasteiger partial charge is 0.492 e. The molecule has 0 amide bonds. The number of pyridine rings is 1. The normalized spacial score (nSPS) is 12.2. The van der Waals surface area contributed by atoms with Gasteiger partial charge in [-0.1, -0.05) is 37.6 Å². The van der Waals surface area contributed by atoms with Crippen LogP contribution >= 0.6 is 0 Å². The zero-order valence-corrected chi connectivity index (χ0v) is 21.6. The van der Waals surface area contributed by atoms with Crippen LogP contribution in [-0.2, 0) is 16.3 Å². The first kappa shape index (κ1) is 26.7. The van der Waals surface area contributed by atoms with Crippen LogP contribution in [0.15, 0.2) is 81.4 Å². The molecule has 2 aromatic heterocycles. The van der Waals surface area contributed by atoms with Crippen LogP contribution in [0.3, 0.4) is 0 Å². The Bertz CT molecular complexity index is 1680. The molecular weight excluding hydrogens is 507 g/mol. The molecule has 38 heavy (non-hydrogen) atoms. The molecule has 0 saturated heterocycles. The monoisotopic (exact) mass is 532 g/mol. The molecule has 0 radical (unpaired) electrons. The first-order valence-corrected chi connectivity index (χ1v) is 13.5. The number of benzene rings is 2. The van der Waals surface area contributed by atoms with Crippen molar-refractivity contribution in [2.45, 2.75) is 48.9 Å². The minimum absolute atomic E-state index is 0.211. The number of nitriles is 1. The second-order valence-electron chi connectivity index (χ2n) is 8.77. The average molecular weight is 533 g/mol. The number of hydrogen-bond donors (Lipinski definition) is 1. The summed E-state index contributed by atoms with van der Waals surface area (Å²) in [5.41, 5.74) is 1.30. The van der Waals surface area contributed by atoms with Gasteiger partial charge in [0.15, 0.2) is 4.90 Å². The van der Waals surface area contributed by atoms with E-state index in [1.165, 1.54) is 47.2 Å². The molecule has 194 valence electrons. The lowest BCUT2D eigenvalue weighted by Crippen LogP contribution is -2.32. The summed E-state index contributed by atoms with van der Waals surface area (Å²) in [6, 6.07) is 16.4. The van der Waals surface area contributed by atoms with Gasteiger partial charge in [0.25, 0.3) is 5.56 Å². The first-order chi connectivity index (χ1) is 18.2. The van der Waals surface area contributed by atoms with Gasteiger partial charge in [0.1, 0.15) is 5.82 Å². The second kappa shape index (κ2) is 10.9. The van der Waals surface area contributed by atoms with E-state index >= 15 is 0 Å². The first-order valence-electron chi connectivity index (χ1n) is 12.0. The molecule has 0 aliphatic heterocycles. The van der Waals surface area contributed by atoms with Crippen LogP contribution in [0, 0.1) is 17.3 Å². The third kappa shape index (κ3) is 5.19. The summed E-state index contributed by atoms with van der Waals surface area (Å²) in [4.78, 5) is 20.5. The maximum absolute atomic E-state index is 13.8. The number of halogens is 1. The Balaban J connectivity index is 1.83. The fourth-order valence-corrected chi connectivity index (χ4v) is 5.55. The topological polar surface area (TPSA) is 126 Å². The van der Waals surface area contributed by atoms with E-state index in [0.29, 0.717) is 35.1 Å². The summed E-state index contributed by atoms with van der Waals surface area (Å²) in [5.74, 6) is -1.24. The maximum atomic E-state index is 13.8. The Hall–Kier alpha value is -4.36. The van der Waals surface area contributed by atoms with Gasteiger partial charge in [0, 0.05) is 18.2 Å². The van der Waals surface area contributed by atoms with Crippen molar-refractivity contribution in [3.8, 4) is 23.1 Å². The zero-order chi connectivity index (χ0) is 27.4. The molecule has 0 aliphatic carbocycles. The molecule has 10 heteroatoms. The van der Waals surface area contributed by atoms with Crippen molar-refractivity contribution in [3.05, 3.63) is 100 Å². The zero-order valence-electron chi connectivity index (χ0n) is 20.8. The smallest absolute Gasteiger partial charge is 0.277 e. The Morgan fingerprint density at radius 1 is 1.11 bits per heavy atom. The van der Waals surface area contributed by atoms with E-state index in [-0.39, 0.29) is 10.7 Å². The van der Waals surface area contributed by atoms with E-state index in [1.807, 2.05) is 6.92 Å². The third-order valence-corrected chi connectivity index (χ3v) is 8.05. The lowest BCUT2D eigenvalue weighted by molar-refractivity contribution is 0.412. The highest BCUT2D eigenvalue weighted by atomic mass is 32.2. The van der Waals surface area contributed by atoms with Crippen LogP contribution in [0.4, 0.5) is 4.39 Å². The predicted molar refractivity (Wildman–Crippen MR) is 139 cm³/mol. The molecule has 0 spiro atoms. The van der Waals surface area contributed by atoms with Crippen molar-refractivity contribution in [1.29, 1.82) is 5.26 Å². The summed E-state index contributed by atoms with van der Waals surface area (Å²) in [7, 11) is -4.47. The highest BCUT2D eigenvalue weighted by Gasteiger charge is 2.31. The van der Waals surface area contributed by atoms with Gasteiger partial charge in [-0.2, -0.15) is 14.6 Å². The molecule has 0 bridgehead atoms. The number of sulfone groups is 1. The summed E-state index contributed by atoms with van der Waals surface area (Å²) >= 11 is 0. The summed E-state index contributed by atoms with van der Waals surface area (Å²) in [6.45, 7) is 3.68. The molecule has 1 atom stereocenters. The van der Waals surface area contributed by atoms with Crippen LogP contribution < -0.4 is 5.56 Å². The van der Waals surface area contributed by atoms with E-state index < -0.39 is 38.2 Å². The Morgan fingerprint density at radius 2 is 1.82 bits per heavy atom. The lowest BCUT2D eigenvalue weighted by Gasteiger charge is -2.21. The van der Waals surface area contributed by atoms with Crippen LogP contribution in [0.5, 0.6) is 5.88 Å². The van der Waals surface area contributed by atoms with Crippen LogP contribution in [0.1, 0.15) is 49.7 Å². The van der Waals surface area contributed by atoms with Gasteiger partial charge in [0.05, 0.1) is 22.6 Å². The van der Waals surface area contributed by atoms with E-state index in [2.05, 4.69) is 16.0 Å². The van der Waals surface area contributed by atoms with Gasteiger partial charge >= 0.3 is 0 Å². The quantitative estimate of drug-likeness (QED) is 0.323. The van der Waals surface area contributed by atoms with Gasteiger partial charge in [-0.05, 0) is 60.9 Å². The third-order valence-electron chi connectivity index (χ3n) is 6.26. The molecule has 4 aromatic rings. The highest BCUT2D eigenvalue weighted by molar-refractivity contribution is 7.91. The Labute approximate surface area is 219 Å². The van der Waals surface area contributed by atoms with Crippen molar-refractivity contribution < 1.29 is 17.9 Å². The number of rotatable bonds is 8. The number of hydrogen-bond acceptors (Lipinski definition) is 7. The van der Waals surface area contributed by atoms with E-state index in [4.69, 9.17) is 0 Å². The van der Waals surface area contributed by atoms with Crippen molar-refractivity contribution in [3.63, 3.8) is 0 Å². The molecule has 4 rings (SSSR count). The molecular formula is C28H25FN4O4S. The number of aromatic nitrogens is 3. The lowest BCUT2D eigenvalue weighted by atomic mass is 10.0. The van der Waals surface area contributed by atoms with E-state index in [0.717, 1.165) is 6.42 Å². The van der Waals surface area contributed by atoms with Crippen LogP contribution in [-0.4, -0.2) is 28.1 Å². The number of nitrogens with zero attached hydrogens (tertiary/aromatic N) is 4. The molecule has 2 aromatic carbocycles. The summed E-state index contributed by atoms with van der Waals surface area (Å²) in [6.07, 6.45) is 3.14. The van der Waals surface area contributed by atoms with Crippen molar-refractivity contribution >= 4 is 9.84 Å². The summed E-state index contributed by atoms with van der Waals surface area (Å²) in [5, 5.41) is 20.0. The van der Waals surface area contributed by atoms with E-state index in [1.54, 1.807) is 31.2 Å². The molecule has 0 fully saturated rings. The van der Waals surface area contributed by atoms with Crippen LogP contribution in [0.2, 0.25) is 0 Å². The van der Waals surface area contributed by atoms with Crippen LogP contribution in [0.25, 0.3) is 11.1 Å². The molecule has 0 saturated carbocycles. The number of aryl methyl sites for hydroxylation is 1. The van der Waals surface area contributed by atoms with Gasteiger partial charge in [0.2, 0.25) is 21.7 Å². The SMILES string of the molecule is CCCCc1nc(O)c(S(=O)(=O)c2ccc(-c3ccc(F)nc3)cc2)c(=O)n1[C@H](C)c1cccc(C#N)c1. The number of unbranched alkanes of at least 4 members (excludes halogenated alkanes) is 1. The van der Waals surface area contributed by atoms with E-state index in [9.17, 15) is 28.0 Å². The second-order valence-corrected chi connectivity index (χ2v) is 10.7. The van der Waals surface area contributed by atoms with Crippen molar-refractivity contribution in [2.75, 3.05) is 0 Å². The van der Waals surface area contributed by atoms with Crippen molar-refractivity contribution in [1.82, 2.24) is 14.5 Å². The van der Waals surface area contributed by atoms with Gasteiger partial charge < -0.3 is 5.11 Å². The van der Waals surface area contributed by atoms with Crippen molar-refractivity contribution in [2.24, 2.45) is 0 Å². The maximum Gasteiger partial charge on any atom is 0.277 e. The molecule has 0 aliphatic rings.